The van der Waals surface area contributed by atoms with Gasteiger partial charge in [0.15, 0.2) is 0 Å². The van der Waals surface area contributed by atoms with E-state index < -0.39 is 0 Å². The van der Waals surface area contributed by atoms with Crippen LogP contribution in [0, 0.1) is 6.92 Å². The molecule has 1 heterocycles. The number of benzene rings is 1. The maximum Gasteiger partial charge on any atom is 0.0991 e. The van der Waals surface area contributed by atoms with Gasteiger partial charge in [-0.05, 0) is 24.6 Å². The molecule has 1 aromatic carbocycles. The number of aromatic nitrogens is 3. The van der Waals surface area contributed by atoms with Gasteiger partial charge in [0.25, 0.3) is 0 Å². The van der Waals surface area contributed by atoms with Crippen LogP contribution in [0.2, 0.25) is 5.02 Å². The van der Waals surface area contributed by atoms with Crippen molar-refractivity contribution in [3.63, 3.8) is 0 Å². The van der Waals surface area contributed by atoms with Crippen LogP contribution in [-0.4, -0.2) is 15.0 Å². The molecule has 5 heteroatoms. The SMILES string of the molecule is Cc1c(CN)nnn1Cc1ccc(Cl)cc1. The Hall–Kier alpha value is -1.39. The van der Waals surface area contributed by atoms with Gasteiger partial charge >= 0.3 is 0 Å². The molecule has 0 aliphatic carbocycles. The topological polar surface area (TPSA) is 56.7 Å². The van der Waals surface area contributed by atoms with Crippen molar-refractivity contribution in [3.05, 3.63) is 46.2 Å². The summed E-state index contributed by atoms with van der Waals surface area (Å²) in [6, 6.07) is 7.69. The van der Waals surface area contributed by atoms with Gasteiger partial charge in [-0.3, -0.25) is 0 Å². The lowest BCUT2D eigenvalue weighted by molar-refractivity contribution is 0.633. The highest BCUT2D eigenvalue weighted by atomic mass is 35.5. The van der Waals surface area contributed by atoms with Crippen LogP contribution in [0.25, 0.3) is 0 Å². The first-order valence-electron chi connectivity index (χ1n) is 5.04. The van der Waals surface area contributed by atoms with E-state index in [1.807, 2.05) is 35.9 Å². The molecule has 2 rings (SSSR count). The number of rotatable bonds is 3. The van der Waals surface area contributed by atoms with Crippen LogP contribution in [0.1, 0.15) is 17.0 Å². The van der Waals surface area contributed by atoms with Crippen molar-refractivity contribution >= 4 is 11.6 Å². The van der Waals surface area contributed by atoms with Crippen LogP contribution >= 0.6 is 11.6 Å². The smallest absolute Gasteiger partial charge is 0.0991 e. The molecule has 2 N–H and O–H groups in total. The third-order valence-electron chi connectivity index (χ3n) is 2.52. The molecule has 2 aromatic rings. The largest absolute Gasteiger partial charge is 0.325 e. The minimum absolute atomic E-state index is 0.423. The van der Waals surface area contributed by atoms with Crippen LogP contribution < -0.4 is 5.73 Å². The summed E-state index contributed by atoms with van der Waals surface area (Å²) >= 11 is 5.82. The van der Waals surface area contributed by atoms with Crippen LogP contribution in [0.4, 0.5) is 0 Å². The quantitative estimate of drug-likeness (QED) is 0.883. The lowest BCUT2D eigenvalue weighted by Gasteiger charge is -2.03. The average molecular weight is 237 g/mol. The van der Waals surface area contributed by atoms with E-state index in [2.05, 4.69) is 10.3 Å². The third-order valence-corrected chi connectivity index (χ3v) is 2.77. The molecule has 0 amide bonds. The summed E-state index contributed by atoms with van der Waals surface area (Å²) < 4.78 is 1.84. The first kappa shape index (κ1) is 11.1. The molecule has 0 saturated carbocycles. The number of nitrogens with two attached hydrogens (primary N) is 1. The van der Waals surface area contributed by atoms with Crippen molar-refractivity contribution in [1.82, 2.24) is 15.0 Å². The second kappa shape index (κ2) is 4.63. The number of hydrogen-bond donors (Lipinski definition) is 1. The molecule has 0 bridgehead atoms. The van der Waals surface area contributed by atoms with E-state index >= 15 is 0 Å². The Labute approximate surface area is 99.0 Å². The Kier molecular flexibility index (Phi) is 3.22. The fourth-order valence-electron chi connectivity index (χ4n) is 1.50. The van der Waals surface area contributed by atoms with Gasteiger partial charge in [-0.1, -0.05) is 28.9 Å². The van der Waals surface area contributed by atoms with Crippen LogP contribution in [0.5, 0.6) is 0 Å². The normalized spacial score (nSPS) is 10.7. The van der Waals surface area contributed by atoms with Crippen molar-refractivity contribution in [1.29, 1.82) is 0 Å². The Morgan fingerprint density at radius 1 is 1.31 bits per heavy atom. The van der Waals surface area contributed by atoms with E-state index in [1.165, 1.54) is 0 Å². The van der Waals surface area contributed by atoms with Gasteiger partial charge in [0, 0.05) is 11.6 Å². The van der Waals surface area contributed by atoms with Gasteiger partial charge in [0.1, 0.15) is 0 Å². The van der Waals surface area contributed by atoms with Gasteiger partial charge in [-0.25, -0.2) is 4.68 Å². The number of hydrogen-bond acceptors (Lipinski definition) is 3. The molecule has 0 unspecified atom stereocenters. The van der Waals surface area contributed by atoms with Gasteiger partial charge in [-0.15, -0.1) is 5.10 Å². The molecule has 0 saturated heterocycles. The van der Waals surface area contributed by atoms with Crippen molar-refractivity contribution < 1.29 is 0 Å². The first-order valence-corrected chi connectivity index (χ1v) is 5.42. The van der Waals surface area contributed by atoms with Crippen molar-refractivity contribution in [2.24, 2.45) is 5.73 Å². The highest BCUT2D eigenvalue weighted by Crippen LogP contribution is 2.11. The minimum atomic E-state index is 0.423. The Morgan fingerprint density at radius 2 is 2.00 bits per heavy atom. The zero-order valence-corrected chi connectivity index (χ0v) is 9.78. The fraction of sp³-hybridized carbons (Fsp3) is 0.273. The zero-order valence-electron chi connectivity index (χ0n) is 9.02. The summed E-state index contributed by atoms with van der Waals surface area (Å²) in [7, 11) is 0. The minimum Gasteiger partial charge on any atom is -0.325 e. The molecule has 0 aliphatic rings. The summed E-state index contributed by atoms with van der Waals surface area (Å²) in [6.45, 7) is 3.08. The molecular weight excluding hydrogens is 224 g/mol. The molecule has 0 spiro atoms. The lowest BCUT2D eigenvalue weighted by Crippen LogP contribution is -2.05. The van der Waals surface area contributed by atoms with Crippen LogP contribution in [0.3, 0.4) is 0 Å². The summed E-state index contributed by atoms with van der Waals surface area (Å²) in [6.07, 6.45) is 0. The highest BCUT2D eigenvalue weighted by molar-refractivity contribution is 6.30. The third kappa shape index (κ3) is 2.23. The van der Waals surface area contributed by atoms with E-state index in [0.717, 1.165) is 22.0 Å². The van der Waals surface area contributed by atoms with Crippen molar-refractivity contribution in [3.8, 4) is 0 Å². The van der Waals surface area contributed by atoms with E-state index in [1.54, 1.807) is 0 Å². The van der Waals surface area contributed by atoms with Gasteiger partial charge in [-0.2, -0.15) is 0 Å². The molecule has 1 aromatic heterocycles. The van der Waals surface area contributed by atoms with Gasteiger partial charge in [0.2, 0.25) is 0 Å². The molecule has 0 aliphatic heterocycles. The van der Waals surface area contributed by atoms with Gasteiger partial charge < -0.3 is 5.73 Å². The summed E-state index contributed by atoms with van der Waals surface area (Å²) in [5, 5.41) is 8.81. The van der Waals surface area contributed by atoms with Crippen LogP contribution in [0.15, 0.2) is 24.3 Å². The first-order chi connectivity index (χ1) is 7.70. The molecule has 0 atom stereocenters. The van der Waals surface area contributed by atoms with Crippen molar-refractivity contribution in [2.45, 2.75) is 20.0 Å². The molecule has 16 heavy (non-hydrogen) atoms. The summed E-state index contributed by atoms with van der Waals surface area (Å²) in [5.41, 5.74) is 8.54. The van der Waals surface area contributed by atoms with E-state index in [0.29, 0.717) is 13.1 Å². The van der Waals surface area contributed by atoms with E-state index in [4.69, 9.17) is 17.3 Å². The average Bonchev–Trinajstić information content (AvgIpc) is 2.63. The standard InChI is InChI=1S/C11H13ClN4/c1-8-11(6-13)14-15-16(8)7-9-2-4-10(12)5-3-9/h2-5H,6-7,13H2,1H3. The summed E-state index contributed by atoms with van der Waals surface area (Å²) in [5.74, 6) is 0. The van der Waals surface area contributed by atoms with Crippen LogP contribution in [-0.2, 0) is 13.1 Å². The zero-order chi connectivity index (χ0) is 11.5. The van der Waals surface area contributed by atoms with Gasteiger partial charge in [0.05, 0.1) is 17.9 Å². The molecule has 84 valence electrons. The molecule has 0 radical (unpaired) electrons. The maximum absolute atomic E-state index is 5.82. The molecular formula is C11H13ClN4. The second-order valence-electron chi connectivity index (χ2n) is 3.61. The Balaban J connectivity index is 2.20. The monoisotopic (exact) mass is 236 g/mol. The predicted octanol–water partition coefficient (Wildman–Crippen LogP) is 1.75. The second-order valence-corrected chi connectivity index (χ2v) is 4.05. The molecule has 0 fully saturated rings. The fourth-order valence-corrected chi connectivity index (χ4v) is 1.62. The number of nitrogens with zero attached hydrogens (tertiary/aromatic N) is 3. The lowest BCUT2D eigenvalue weighted by atomic mass is 10.2. The highest BCUT2D eigenvalue weighted by Gasteiger charge is 2.06. The number of halogens is 1. The Morgan fingerprint density at radius 3 is 2.56 bits per heavy atom. The van der Waals surface area contributed by atoms with E-state index in [-0.39, 0.29) is 0 Å². The maximum atomic E-state index is 5.82. The molecule has 4 nitrogen and oxygen atoms in total. The predicted molar refractivity (Wildman–Crippen MR) is 63.2 cm³/mol. The Bertz CT molecular complexity index is 475. The van der Waals surface area contributed by atoms with E-state index in [9.17, 15) is 0 Å². The van der Waals surface area contributed by atoms with Crippen molar-refractivity contribution in [2.75, 3.05) is 0 Å². The summed E-state index contributed by atoms with van der Waals surface area (Å²) in [4.78, 5) is 0.